The lowest BCUT2D eigenvalue weighted by molar-refractivity contribution is -0.0517. The van der Waals surface area contributed by atoms with Crippen molar-refractivity contribution in [2.75, 3.05) is 18.6 Å². The van der Waals surface area contributed by atoms with Gasteiger partial charge in [0.05, 0.1) is 7.11 Å². The highest BCUT2D eigenvalue weighted by Crippen LogP contribution is 2.30. The van der Waals surface area contributed by atoms with E-state index in [1.807, 2.05) is 0 Å². The third-order valence-electron chi connectivity index (χ3n) is 3.85. The van der Waals surface area contributed by atoms with Crippen LogP contribution in [-0.2, 0) is 30.5 Å². The molecule has 28 heavy (non-hydrogen) atoms. The van der Waals surface area contributed by atoms with Crippen molar-refractivity contribution in [3.8, 4) is 0 Å². The first-order valence-electron chi connectivity index (χ1n) is 7.95. The molecule has 2 atom stereocenters. The van der Waals surface area contributed by atoms with E-state index >= 15 is 0 Å². The highest BCUT2D eigenvalue weighted by Gasteiger charge is 2.38. The second kappa shape index (κ2) is 9.01. The van der Waals surface area contributed by atoms with Crippen molar-refractivity contribution < 1.29 is 40.4 Å². The van der Waals surface area contributed by atoms with E-state index in [2.05, 4.69) is 47.2 Å². The average Bonchev–Trinajstić information content (AvgIpc) is 3.08. The van der Waals surface area contributed by atoms with E-state index in [-0.39, 0.29) is 17.0 Å². The number of methoxy groups -OCH3 is 1. The van der Waals surface area contributed by atoms with Crippen LogP contribution in [-0.4, -0.2) is 49.4 Å². The molecule has 0 N–H and O–H groups in total. The second-order valence-corrected chi connectivity index (χ2v) is 9.26. The molecule has 0 amide bonds. The van der Waals surface area contributed by atoms with Crippen LogP contribution < -0.4 is 0 Å². The van der Waals surface area contributed by atoms with Crippen molar-refractivity contribution in [3.63, 3.8) is 0 Å². The lowest BCUT2D eigenvalue weighted by Crippen LogP contribution is -2.21. The molecule has 0 aliphatic carbocycles. The van der Waals surface area contributed by atoms with Crippen LogP contribution in [0.1, 0.15) is 6.42 Å². The summed E-state index contributed by atoms with van der Waals surface area (Å²) in [6.07, 6.45) is 0.338. The molecule has 0 spiro atoms. The van der Waals surface area contributed by atoms with Gasteiger partial charge in [0.2, 0.25) is 0 Å². The molecule has 3 rings (SSSR count). The summed E-state index contributed by atoms with van der Waals surface area (Å²) in [6, 6.07) is 14.9. The number of fused-ring (bicyclic) bond motifs is 1. The Bertz CT molecular complexity index is 925. The predicted octanol–water partition coefficient (Wildman–Crippen LogP) is 3.42. The number of rotatable bonds is 2. The normalized spacial score (nSPS) is 19.6. The van der Waals surface area contributed by atoms with Gasteiger partial charge in [0.25, 0.3) is 0 Å². The van der Waals surface area contributed by atoms with E-state index in [1.54, 1.807) is 0 Å². The standard InChI is InChI=1S/C16H17O3S.CHF3O3S/c1-18-16(17)19-13-9-10-20(11-13)15-8-4-6-12-5-2-3-7-14(12)15;2-1(3,4)8(5,6)7/h2-8,13H,9-11H2,1H3;(H,5,6,7)/q+1;/p-1. The van der Waals surface area contributed by atoms with Gasteiger partial charge in [0.15, 0.2) is 26.9 Å². The van der Waals surface area contributed by atoms with Gasteiger partial charge in [-0.05, 0) is 17.5 Å². The van der Waals surface area contributed by atoms with E-state index in [1.165, 1.54) is 22.8 Å². The van der Waals surface area contributed by atoms with Crippen molar-refractivity contribution in [2.45, 2.75) is 22.9 Å². The molecule has 2 aromatic carbocycles. The Morgan fingerprint density at radius 3 is 2.39 bits per heavy atom. The number of carbonyl (C=O) groups is 1. The monoisotopic (exact) mass is 438 g/mol. The third kappa shape index (κ3) is 5.76. The zero-order valence-electron chi connectivity index (χ0n) is 14.6. The Labute approximate surface area is 162 Å². The first-order chi connectivity index (χ1) is 13.0. The molecule has 2 aromatic rings. The number of benzene rings is 2. The molecule has 0 bridgehead atoms. The maximum absolute atomic E-state index is 11.2. The van der Waals surface area contributed by atoms with E-state index in [9.17, 15) is 18.0 Å². The number of hydrogen-bond donors (Lipinski definition) is 0. The first-order valence-corrected chi connectivity index (χ1v) is 10.9. The van der Waals surface area contributed by atoms with Gasteiger partial charge >= 0.3 is 11.7 Å². The fraction of sp³-hybridized carbons (Fsp3) is 0.353. The van der Waals surface area contributed by atoms with Crippen LogP contribution in [0.4, 0.5) is 18.0 Å². The molecule has 11 heteroatoms. The smallest absolute Gasteiger partial charge is 0.508 e. The quantitative estimate of drug-likeness (QED) is 0.309. The van der Waals surface area contributed by atoms with Gasteiger partial charge in [-0.1, -0.05) is 30.3 Å². The van der Waals surface area contributed by atoms with Gasteiger partial charge in [-0.2, -0.15) is 13.2 Å². The van der Waals surface area contributed by atoms with Crippen LogP contribution in [0, 0.1) is 0 Å². The van der Waals surface area contributed by atoms with E-state index in [0.29, 0.717) is 0 Å². The lowest BCUT2D eigenvalue weighted by atomic mass is 10.1. The van der Waals surface area contributed by atoms with Gasteiger partial charge in [-0.25, -0.2) is 13.2 Å². The topological polar surface area (TPSA) is 92.7 Å². The van der Waals surface area contributed by atoms with Crippen molar-refractivity contribution in [1.29, 1.82) is 0 Å². The minimum Gasteiger partial charge on any atom is -0.741 e. The second-order valence-electron chi connectivity index (χ2n) is 5.72. The van der Waals surface area contributed by atoms with Crippen molar-refractivity contribution in [2.24, 2.45) is 0 Å². The van der Waals surface area contributed by atoms with E-state index in [4.69, 9.17) is 17.7 Å². The summed E-state index contributed by atoms with van der Waals surface area (Å²) in [7, 11) is -4.59. The SMILES string of the molecule is COC(=O)OC1CC[S+](c2cccc3ccccc23)C1.O=S(=O)([O-])C(F)(F)F. The summed E-state index contributed by atoms with van der Waals surface area (Å²) in [4.78, 5) is 12.6. The van der Waals surface area contributed by atoms with Gasteiger partial charge in [0, 0.05) is 22.7 Å². The van der Waals surface area contributed by atoms with Crippen LogP contribution in [0.15, 0.2) is 47.4 Å². The van der Waals surface area contributed by atoms with Crippen LogP contribution in [0.5, 0.6) is 0 Å². The molecule has 1 aliphatic heterocycles. The number of hydrogen-bond acceptors (Lipinski definition) is 6. The Morgan fingerprint density at radius 1 is 1.18 bits per heavy atom. The van der Waals surface area contributed by atoms with E-state index in [0.717, 1.165) is 17.9 Å². The zero-order valence-corrected chi connectivity index (χ0v) is 16.3. The highest BCUT2D eigenvalue weighted by molar-refractivity contribution is 7.97. The summed E-state index contributed by atoms with van der Waals surface area (Å²) in [5.74, 6) is 1.98. The van der Waals surface area contributed by atoms with Gasteiger partial charge in [-0.15, -0.1) is 0 Å². The minimum atomic E-state index is -6.09. The Kier molecular flexibility index (Phi) is 7.18. The lowest BCUT2D eigenvalue weighted by Gasteiger charge is -2.08. The molecule has 6 nitrogen and oxygen atoms in total. The Hall–Kier alpha value is -1.98. The van der Waals surface area contributed by atoms with Gasteiger partial charge < -0.3 is 14.0 Å². The third-order valence-corrected chi connectivity index (χ3v) is 6.89. The first kappa shape index (κ1) is 22.3. The summed E-state index contributed by atoms with van der Waals surface area (Å²) in [5, 5.41) is 2.59. The molecule has 154 valence electrons. The number of carbonyl (C=O) groups excluding carboxylic acids is 1. The summed E-state index contributed by atoms with van der Waals surface area (Å²) < 4.78 is 68.7. The number of alkyl halides is 3. The molecule has 1 aliphatic rings. The molecule has 1 saturated heterocycles. The van der Waals surface area contributed by atoms with Crippen LogP contribution in [0.25, 0.3) is 10.8 Å². The fourth-order valence-electron chi connectivity index (χ4n) is 2.59. The van der Waals surface area contributed by atoms with Crippen molar-refractivity contribution >= 4 is 37.9 Å². The molecule has 0 saturated carbocycles. The Balaban J connectivity index is 0.000000300. The molecular weight excluding hydrogens is 421 g/mol. The van der Waals surface area contributed by atoms with Crippen LogP contribution in [0.3, 0.4) is 0 Å². The molecule has 1 fully saturated rings. The van der Waals surface area contributed by atoms with Crippen LogP contribution in [0.2, 0.25) is 0 Å². The summed E-state index contributed by atoms with van der Waals surface area (Å²) >= 11 is 0. The Morgan fingerprint density at radius 2 is 1.79 bits per heavy atom. The summed E-state index contributed by atoms with van der Waals surface area (Å²) in [5.41, 5.74) is -5.65. The van der Waals surface area contributed by atoms with Crippen molar-refractivity contribution in [1.82, 2.24) is 0 Å². The van der Waals surface area contributed by atoms with Gasteiger partial charge in [0.1, 0.15) is 5.75 Å². The fourth-order valence-corrected chi connectivity index (χ4v) is 5.15. The molecule has 2 unspecified atom stereocenters. The maximum atomic E-state index is 11.2. The average molecular weight is 438 g/mol. The highest BCUT2D eigenvalue weighted by atomic mass is 32.2. The van der Waals surface area contributed by atoms with Crippen LogP contribution >= 0.6 is 0 Å². The largest absolute Gasteiger partial charge is 0.741 e. The summed E-state index contributed by atoms with van der Waals surface area (Å²) in [6.45, 7) is 0. The molecule has 1 heterocycles. The number of halogens is 3. The predicted molar refractivity (Wildman–Crippen MR) is 97.0 cm³/mol. The molecule has 0 radical (unpaired) electrons. The minimum absolute atomic E-state index is 0.00949. The van der Waals surface area contributed by atoms with Crippen molar-refractivity contribution in [3.05, 3.63) is 42.5 Å². The zero-order chi connectivity index (χ0) is 20.9. The maximum Gasteiger partial charge on any atom is 0.508 e. The van der Waals surface area contributed by atoms with E-state index < -0.39 is 21.8 Å². The van der Waals surface area contributed by atoms with Gasteiger partial charge in [-0.3, -0.25) is 0 Å². The number of ether oxygens (including phenoxy) is 2. The molecular formula is C17H17F3O6S2. The molecule has 0 aromatic heterocycles.